The Hall–Kier alpha value is -4.91. The first-order valence-electron chi connectivity index (χ1n) is 11.0. The molecule has 7 heteroatoms. The largest absolute Gasteiger partial charge is 0.502 e. The zero-order valence-electron chi connectivity index (χ0n) is 19.1. The molecule has 1 amide bonds. The van der Waals surface area contributed by atoms with E-state index in [1.807, 2.05) is 0 Å². The highest BCUT2D eigenvalue weighted by atomic mass is 19.1. The predicted molar refractivity (Wildman–Crippen MR) is 136 cm³/mol. The molecule has 36 heavy (non-hydrogen) atoms. The quantitative estimate of drug-likeness (QED) is 0.311. The van der Waals surface area contributed by atoms with Crippen LogP contribution >= 0.6 is 0 Å². The summed E-state index contributed by atoms with van der Waals surface area (Å²) in [5.74, 6) is -0.599. The number of aromatic hydroxyl groups is 1. The van der Waals surface area contributed by atoms with Crippen LogP contribution in [-0.2, 0) is 0 Å². The number of carbonyl (C=O) groups excluding carboxylic acids is 1. The summed E-state index contributed by atoms with van der Waals surface area (Å²) in [6, 6.07) is 24.2. The molecule has 6 nitrogen and oxygen atoms in total. The van der Waals surface area contributed by atoms with Gasteiger partial charge >= 0.3 is 0 Å². The van der Waals surface area contributed by atoms with E-state index in [-0.39, 0.29) is 28.5 Å². The highest BCUT2D eigenvalue weighted by Gasteiger charge is 2.17. The number of halogens is 1. The Bertz CT molecular complexity index is 1640. The van der Waals surface area contributed by atoms with Gasteiger partial charge in [-0.05, 0) is 71.8 Å². The van der Waals surface area contributed by atoms with Crippen molar-refractivity contribution in [3.05, 3.63) is 113 Å². The van der Waals surface area contributed by atoms with Crippen molar-refractivity contribution in [1.29, 1.82) is 0 Å². The van der Waals surface area contributed by atoms with Gasteiger partial charge in [-0.1, -0.05) is 30.3 Å². The Morgan fingerprint density at radius 3 is 2.33 bits per heavy atom. The van der Waals surface area contributed by atoms with Crippen molar-refractivity contribution in [2.24, 2.45) is 0 Å². The predicted octanol–water partition coefficient (Wildman–Crippen LogP) is 6.23. The minimum atomic E-state index is -0.579. The van der Waals surface area contributed by atoms with Crippen LogP contribution in [0.1, 0.15) is 10.4 Å². The minimum Gasteiger partial charge on any atom is -0.502 e. The van der Waals surface area contributed by atoms with Crippen molar-refractivity contribution in [1.82, 2.24) is 0 Å². The van der Waals surface area contributed by atoms with Crippen molar-refractivity contribution < 1.29 is 23.4 Å². The molecule has 0 radical (unpaired) electrons. The fourth-order valence-corrected chi connectivity index (χ4v) is 3.88. The van der Waals surface area contributed by atoms with Gasteiger partial charge in [-0.15, -0.1) is 0 Å². The normalized spacial score (nSPS) is 10.8. The molecule has 5 rings (SSSR count). The van der Waals surface area contributed by atoms with E-state index in [4.69, 9.17) is 9.15 Å². The molecule has 0 saturated carbocycles. The maximum absolute atomic E-state index is 13.3. The van der Waals surface area contributed by atoms with Crippen LogP contribution in [0.5, 0.6) is 11.5 Å². The van der Waals surface area contributed by atoms with Crippen LogP contribution in [0, 0.1) is 5.82 Å². The van der Waals surface area contributed by atoms with E-state index >= 15 is 0 Å². The summed E-state index contributed by atoms with van der Waals surface area (Å²) in [6.07, 6.45) is 0. The average Bonchev–Trinajstić information content (AvgIpc) is 2.91. The number of benzene rings is 4. The SMILES string of the molecule is COc1ccc(C(=O)Nc2cccc(-c3oc4cc(-c5ccc(F)cc5)ccc4c(=O)c3O)c2)cc1. The molecule has 178 valence electrons. The number of methoxy groups -OCH3 is 1. The molecule has 0 spiro atoms. The average molecular weight is 481 g/mol. The number of ether oxygens (including phenoxy) is 1. The molecule has 5 aromatic rings. The maximum Gasteiger partial charge on any atom is 0.255 e. The van der Waals surface area contributed by atoms with Crippen LogP contribution in [-0.4, -0.2) is 18.1 Å². The molecule has 0 aliphatic carbocycles. The topological polar surface area (TPSA) is 88.8 Å². The fraction of sp³-hybridized carbons (Fsp3) is 0.0345. The summed E-state index contributed by atoms with van der Waals surface area (Å²) in [5.41, 5.74) is 2.46. The van der Waals surface area contributed by atoms with Crippen molar-refractivity contribution in [2.75, 3.05) is 12.4 Å². The summed E-state index contributed by atoms with van der Waals surface area (Å²) in [6.45, 7) is 0. The first kappa shape index (κ1) is 22.9. The summed E-state index contributed by atoms with van der Waals surface area (Å²) in [7, 11) is 1.55. The van der Waals surface area contributed by atoms with Gasteiger partial charge in [-0.2, -0.15) is 0 Å². The van der Waals surface area contributed by atoms with Crippen LogP contribution in [0.3, 0.4) is 0 Å². The number of hydrogen-bond donors (Lipinski definition) is 2. The number of fused-ring (bicyclic) bond motifs is 1. The van der Waals surface area contributed by atoms with Gasteiger partial charge in [0, 0.05) is 16.8 Å². The van der Waals surface area contributed by atoms with E-state index in [1.54, 1.807) is 86.0 Å². The van der Waals surface area contributed by atoms with E-state index in [9.17, 15) is 19.1 Å². The van der Waals surface area contributed by atoms with Gasteiger partial charge in [0.2, 0.25) is 11.2 Å². The Balaban J connectivity index is 1.50. The van der Waals surface area contributed by atoms with Gasteiger partial charge in [0.05, 0.1) is 12.5 Å². The minimum absolute atomic E-state index is 0.0238. The number of anilines is 1. The van der Waals surface area contributed by atoms with Crippen LogP contribution < -0.4 is 15.5 Å². The molecule has 1 aromatic heterocycles. The Labute approximate surface area is 205 Å². The second-order valence-corrected chi connectivity index (χ2v) is 8.09. The molecular formula is C29H20FNO5. The maximum atomic E-state index is 13.3. The van der Waals surface area contributed by atoms with Gasteiger partial charge in [0.15, 0.2) is 5.76 Å². The third-order valence-electron chi connectivity index (χ3n) is 5.78. The molecule has 0 bridgehead atoms. The highest BCUT2D eigenvalue weighted by molar-refractivity contribution is 6.04. The second kappa shape index (κ2) is 9.38. The smallest absolute Gasteiger partial charge is 0.255 e. The van der Waals surface area contributed by atoms with Crippen LogP contribution in [0.4, 0.5) is 10.1 Å². The van der Waals surface area contributed by atoms with Crippen LogP contribution in [0.25, 0.3) is 33.4 Å². The first-order chi connectivity index (χ1) is 17.4. The molecule has 1 heterocycles. The second-order valence-electron chi connectivity index (χ2n) is 8.09. The van der Waals surface area contributed by atoms with Gasteiger partial charge in [0.1, 0.15) is 17.1 Å². The molecule has 0 fully saturated rings. The third-order valence-corrected chi connectivity index (χ3v) is 5.78. The van der Waals surface area contributed by atoms with Crippen molar-refractivity contribution >= 4 is 22.6 Å². The van der Waals surface area contributed by atoms with E-state index in [1.165, 1.54) is 12.1 Å². The first-order valence-corrected chi connectivity index (χ1v) is 11.0. The summed E-state index contributed by atoms with van der Waals surface area (Å²) in [4.78, 5) is 25.5. The van der Waals surface area contributed by atoms with Gasteiger partial charge in [-0.25, -0.2) is 4.39 Å². The van der Waals surface area contributed by atoms with Gasteiger partial charge in [0.25, 0.3) is 5.91 Å². The van der Waals surface area contributed by atoms with Gasteiger partial charge < -0.3 is 19.6 Å². The summed E-state index contributed by atoms with van der Waals surface area (Å²) < 4.78 is 24.4. The Morgan fingerprint density at radius 2 is 1.61 bits per heavy atom. The number of nitrogens with one attached hydrogen (secondary N) is 1. The molecule has 0 saturated heterocycles. The number of amides is 1. The van der Waals surface area contributed by atoms with E-state index < -0.39 is 11.2 Å². The van der Waals surface area contributed by atoms with E-state index in [2.05, 4.69) is 5.32 Å². The van der Waals surface area contributed by atoms with Crippen LogP contribution in [0.15, 0.2) is 100 Å². The number of hydrogen-bond acceptors (Lipinski definition) is 5. The molecule has 4 aromatic carbocycles. The molecular weight excluding hydrogens is 461 g/mol. The Morgan fingerprint density at radius 1 is 0.889 bits per heavy atom. The Kier molecular flexibility index (Phi) is 5.96. The van der Waals surface area contributed by atoms with Crippen molar-refractivity contribution in [2.45, 2.75) is 0 Å². The van der Waals surface area contributed by atoms with Crippen molar-refractivity contribution in [3.8, 4) is 33.9 Å². The standard InChI is InChI=1S/C29H20FNO5/c1-35-23-12-7-18(8-13-23)29(34)31-22-4-2-3-20(15-22)28-27(33)26(32)24-14-9-19(16-25(24)36-28)17-5-10-21(30)11-6-17/h2-16,33H,1H3,(H,31,34). The number of carbonyl (C=O) groups is 1. The zero-order valence-corrected chi connectivity index (χ0v) is 19.1. The molecule has 0 aliphatic heterocycles. The third kappa shape index (κ3) is 4.42. The summed E-state index contributed by atoms with van der Waals surface area (Å²) in [5, 5.41) is 13.6. The lowest BCUT2D eigenvalue weighted by molar-refractivity contribution is 0.102. The van der Waals surface area contributed by atoms with Crippen LogP contribution in [0.2, 0.25) is 0 Å². The van der Waals surface area contributed by atoms with Gasteiger partial charge in [-0.3, -0.25) is 9.59 Å². The lowest BCUT2D eigenvalue weighted by Crippen LogP contribution is -2.11. The molecule has 0 aliphatic rings. The lowest BCUT2D eigenvalue weighted by atomic mass is 10.0. The monoisotopic (exact) mass is 481 g/mol. The highest BCUT2D eigenvalue weighted by Crippen LogP contribution is 2.33. The lowest BCUT2D eigenvalue weighted by Gasteiger charge is -2.10. The van der Waals surface area contributed by atoms with Crippen molar-refractivity contribution in [3.63, 3.8) is 0 Å². The molecule has 0 atom stereocenters. The van der Waals surface area contributed by atoms with E-state index in [0.717, 1.165) is 11.1 Å². The van der Waals surface area contributed by atoms with E-state index in [0.29, 0.717) is 22.6 Å². The number of rotatable bonds is 5. The molecule has 2 N–H and O–H groups in total. The summed E-state index contributed by atoms with van der Waals surface area (Å²) >= 11 is 0. The molecule has 0 unspecified atom stereocenters. The zero-order chi connectivity index (χ0) is 25.2. The fourth-order valence-electron chi connectivity index (χ4n) is 3.88.